The molecule has 0 atom stereocenters. The monoisotopic (exact) mass is 239 g/mol. The van der Waals surface area contributed by atoms with Gasteiger partial charge in [0.2, 0.25) is 0 Å². The molecule has 86 valence electrons. The fourth-order valence-corrected chi connectivity index (χ4v) is 1.64. The Hall–Kier alpha value is -1.38. The first-order chi connectivity index (χ1) is 7.77. The molecule has 5 heteroatoms. The fourth-order valence-electron chi connectivity index (χ4n) is 1.37. The van der Waals surface area contributed by atoms with Crippen LogP contribution in [-0.4, -0.2) is 13.2 Å². The molecule has 0 saturated carbocycles. The summed E-state index contributed by atoms with van der Waals surface area (Å²) in [5.74, 6) is 0.784. The number of rotatable bonds is 6. The van der Waals surface area contributed by atoms with Crippen molar-refractivity contribution in [3.05, 3.63) is 39.2 Å². The van der Waals surface area contributed by atoms with Crippen LogP contribution in [0.5, 0.6) is 5.75 Å². The number of aryl methyl sites for hydroxylation is 1. The van der Waals surface area contributed by atoms with E-state index in [9.17, 15) is 0 Å². The van der Waals surface area contributed by atoms with Crippen molar-refractivity contribution in [2.24, 2.45) is 5.11 Å². The third kappa shape index (κ3) is 4.01. The molecule has 1 rings (SSSR count). The predicted octanol–water partition coefficient (Wildman–Crippen LogP) is 3.98. The molecule has 0 N–H and O–H groups in total. The van der Waals surface area contributed by atoms with Crippen LogP contribution in [0.3, 0.4) is 0 Å². The maximum Gasteiger partial charge on any atom is 0.120 e. The molecule has 16 heavy (non-hydrogen) atoms. The van der Waals surface area contributed by atoms with Crippen LogP contribution in [-0.2, 0) is 6.42 Å². The Bertz CT molecular complexity index is 389. The van der Waals surface area contributed by atoms with E-state index in [1.807, 2.05) is 25.1 Å². The van der Waals surface area contributed by atoms with Gasteiger partial charge in [-0.05, 0) is 43.0 Å². The maximum atomic E-state index is 8.13. The van der Waals surface area contributed by atoms with E-state index in [4.69, 9.17) is 21.9 Å². The summed E-state index contributed by atoms with van der Waals surface area (Å²) < 4.78 is 5.33. The van der Waals surface area contributed by atoms with Crippen molar-refractivity contribution < 1.29 is 4.74 Å². The van der Waals surface area contributed by atoms with Gasteiger partial charge in [0.15, 0.2) is 0 Å². The average Bonchev–Trinajstić information content (AvgIpc) is 2.27. The van der Waals surface area contributed by atoms with Gasteiger partial charge in [-0.3, -0.25) is 0 Å². The van der Waals surface area contributed by atoms with Gasteiger partial charge in [-0.15, -0.1) is 0 Å². The number of benzene rings is 1. The van der Waals surface area contributed by atoms with Gasteiger partial charge in [-0.2, -0.15) is 0 Å². The molecule has 0 aliphatic heterocycles. The normalized spacial score (nSPS) is 9.62. The molecule has 0 radical (unpaired) electrons. The highest BCUT2D eigenvalue weighted by molar-refractivity contribution is 6.31. The quantitative estimate of drug-likeness (QED) is 0.321. The number of hydrogen-bond donors (Lipinski definition) is 0. The second kappa shape index (κ2) is 6.99. The number of halogens is 1. The van der Waals surface area contributed by atoms with Gasteiger partial charge in [0.1, 0.15) is 5.75 Å². The Kier molecular flexibility index (Phi) is 5.54. The van der Waals surface area contributed by atoms with E-state index in [1.165, 1.54) is 0 Å². The standard InChI is InChI=1S/C11H14ClN3O/c1-2-16-10-6-5-9(11(12)8-10)4-3-7-14-15-13/h5-6,8H,2-4,7H2,1H3. The third-order valence-electron chi connectivity index (χ3n) is 2.10. The van der Waals surface area contributed by atoms with Crippen molar-refractivity contribution in [2.45, 2.75) is 19.8 Å². The Labute approximate surface area is 99.8 Å². The highest BCUT2D eigenvalue weighted by atomic mass is 35.5. The molecule has 1 aromatic rings. The largest absolute Gasteiger partial charge is 0.494 e. The zero-order valence-electron chi connectivity index (χ0n) is 9.19. The molecule has 0 bridgehead atoms. The summed E-state index contributed by atoms with van der Waals surface area (Å²) >= 11 is 6.09. The minimum atomic E-state index is 0.500. The highest BCUT2D eigenvalue weighted by Crippen LogP contribution is 2.23. The summed E-state index contributed by atoms with van der Waals surface area (Å²) in [6.45, 7) is 3.06. The molecule has 0 spiro atoms. The topological polar surface area (TPSA) is 58.0 Å². The smallest absolute Gasteiger partial charge is 0.120 e. The van der Waals surface area contributed by atoms with Crippen molar-refractivity contribution in [3.63, 3.8) is 0 Å². The van der Waals surface area contributed by atoms with E-state index in [1.54, 1.807) is 0 Å². The van der Waals surface area contributed by atoms with Crippen molar-refractivity contribution in [3.8, 4) is 5.75 Å². The molecular weight excluding hydrogens is 226 g/mol. The van der Waals surface area contributed by atoms with Crippen LogP contribution in [0.25, 0.3) is 10.4 Å². The van der Waals surface area contributed by atoms with Crippen LogP contribution in [0.1, 0.15) is 18.9 Å². The Balaban J connectivity index is 2.56. The van der Waals surface area contributed by atoms with Crippen LogP contribution in [0, 0.1) is 0 Å². The fraction of sp³-hybridized carbons (Fsp3) is 0.455. The molecule has 0 aromatic heterocycles. The molecule has 0 aliphatic carbocycles. The molecule has 0 heterocycles. The van der Waals surface area contributed by atoms with Gasteiger partial charge < -0.3 is 4.74 Å². The lowest BCUT2D eigenvalue weighted by molar-refractivity contribution is 0.340. The third-order valence-corrected chi connectivity index (χ3v) is 2.45. The lowest BCUT2D eigenvalue weighted by atomic mass is 10.1. The minimum absolute atomic E-state index is 0.500. The molecule has 0 unspecified atom stereocenters. The SMILES string of the molecule is CCOc1ccc(CCCN=[N+]=[N-])c(Cl)c1. The van der Waals surface area contributed by atoms with E-state index < -0.39 is 0 Å². The second-order valence-electron chi connectivity index (χ2n) is 3.24. The lowest BCUT2D eigenvalue weighted by Crippen LogP contribution is -1.93. The van der Waals surface area contributed by atoms with Crippen molar-refractivity contribution in [1.29, 1.82) is 0 Å². The van der Waals surface area contributed by atoms with Gasteiger partial charge in [0.25, 0.3) is 0 Å². The molecule has 0 saturated heterocycles. The molecule has 4 nitrogen and oxygen atoms in total. The first-order valence-electron chi connectivity index (χ1n) is 5.20. The number of hydrogen-bond acceptors (Lipinski definition) is 2. The van der Waals surface area contributed by atoms with Gasteiger partial charge in [0, 0.05) is 16.5 Å². The minimum Gasteiger partial charge on any atom is -0.494 e. The van der Waals surface area contributed by atoms with Crippen LogP contribution < -0.4 is 4.74 Å². The van der Waals surface area contributed by atoms with Crippen LogP contribution in [0.2, 0.25) is 5.02 Å². The van der Waals surface area contributed by atoms with Gasteiger partial charge in [-0.25, -0.2) is 0 Å². The van der Waals surface area contributed by atoms with Crippen molar-refractivity contribution in [2.75, 3.05) is 13.2 Å². The summed E-state index contributed by atoms with van der Waals surface area (Å²) in [6, 6.07) is 5.66. The molecular formula is C11H14ClN3O. The van der Waals surface area contributed by atoms with E-state index in [2.05, 4.69) is 10.0 Å². The van der Waals surface area contributed by atoms with Gasteiger partial charge in [0.05, 0.1) is 6.61 Å². The highest BCUT2D eigenvalue weighted by Gasteiger charge is 2.02. The average molecular weight is 240 g/mol. The van der Waals surface area contributed by atoms with E-state index in [-0.39, 0.29) is 0 Å². The molecule has 1 aromatic carbocycles. The zero-order valence-corrected chi connectivity index (χ0v) is 9.94. The second-order valence-corrected chi connectivity index (χ2v) is 3.65. The Morgan fingerprint density at radius 1 is 1.50 bits per heavy atom. The van der Waals surface area contributed by atoms with E-state index >= 15 is 0 Å². The first-order valence-corrected chi connectivity index (χ1v) is 5.57. The molecule has 0 amide bonds. The summed E-state index contributed by atoms with van der Waals surface area (Å²) in [6.07, 6.45) is 1.61. The number of ether oxygens (including phenoxy) is 1. The first kappa shape index (κ1) is 12.7. The van der Waals surface area contributed by atoms with Crippen molar-refractivity contribution >= 4 is 11.6 Å². The Morgan fingerprint density at radius 3 is 2.94 bits per heavy atom. The predicted molar refractivity (Wildman–Crippen MR) is 65.0 cm³/mol. The summed E-state index contributed by atoms with van der Waals surface area (Å²) in [4.78, 5) is 2.70. The van der Waals surface area contributed by atoms with Crippen LogP contribution in [0.15, 0.2) is 23.3 Å². The Morgan fingerprint density at radius 2 is 2.31 bits per heavy atom. The van der Waals surface area contributed by atoms with Gasteiger partial charge >= 0.3 is 0 Å². The maximum absolute atomic E-state index is 8.13. The lowest BCUT2D eigenvalue weighted by Gasteiger charge is -2.07. The van der Waals surface area contributed by atoms with Gasteiger partial charge in [-0.1, -0.05) is 22.8 Å². The van der Waals surface area contributed by atoms with Crippen LogP contribution in [0.4, 0.5) is 0 Å². The number of nitrogens with zero attached hydrogens (tertiary/aromatic N) is 3. The van der Waals surface area contributed by atoms with E-state index in [0.717, 1.165) is 24.2 Å². The molecule has 0 aliphatic rings. The zero-order chi connectivity index (χ0) is 11.8. The van der Waals surface area contributed by atoms with Crippen LogP contribution >= 0.6 is 11.6 Å². The summed E-state index contributed by atoms with van der Waals surface area (Å²) in [5.41, 5.74) is 9.18. The van der Waals surface area contributed by atoms with E-state index in [0.29, 0.717) is 18.2 Å². The summed E-state index contributed by atoms with van der Waals surface area (Å²) in [5, 5.41) is 4.18. The van der Waals surface area contributed by atoms with Crippen molar-refractivity contribution in [1.82, 2.24) is 0 Å². The number of azide groups is 1. The molecule has 0 fully saturated rings. The summed E-state index contributed by atoms with van der Waals surface area (Å²) in [7, 11) is 0.